The van der Waals surface area contributed by atoms with Crippen molar-refractivity contribution in [3.8, 4) is 0 Å². The summed E-state index contributed by atoms with van der Waals surface area (Å²) in [6.45, 7) is 1.37. The van der Waals surface area contributed by atoms with E-state index in [1.807, 2.05) is 30.3 Å². The number of carbonyl (C=O) groups is 2. The van der Waals surface area contributed by atoms with Gasteiger partial charge in [-0.25, -0.2) is 9.78 Å². The Morgan fingerprint density at radius 1 is 1.28 bits per heavy atom. The topological polar surface area (TPSA) is 81.4 Å². The van der Waals surface area contributed by atoms with Crippen LogP contribution in [0.1, 0.15) is 29.2 Å². The highest BCUT2D eigenvalue weighted by molar-refractivity contribution is 6.30. The van der Waals surface area contributed by atoms with E-state index in [0.717, 1.165) is 11.0 Å². The highest BCUT2D eigenvalue weighted by Gasteiger charge is 2.16. The molecule has 1 amide bonds. The van der Waals surface area contributed by atoms with Gasteiger partial charge in [0.05, 0.1) is 6.04 Å². The Bertz CT molecular complexity index is 889. The first-order valence-corrected chi connectivity index (χ1v) is 7.97. The second-order valence-electron chi connectivity index (χ2n) is 5.41. The van der Waals surface area contributed by atoms with Crippen LogP contribution >= 0.6 is 11.6 Å². The molecule has 6 nitrogen and oxygen atoms in total. The van der Waals surface area contributed by atoms with Gasteiger partial charge in [0.25, 0.3) is 5.91 Å². The first-order chi connectivity index (χ1) is 12.0. The lowest BCUT2D eigenvalue weighted by Crippen LogP contribution is -2.31. The Morgan fingerprint density at radius 2 is 2.08 bits per heavy atom. The third kappa shape index (κ3) is 4.16. The molecule has 0 bridgehead atoms. The summed E-state index contributed by atoms with van der Waals surface area (Å²) < 4.78 is 10.6. The number of rotatable bonds is 5. The van der Waals surface area contributed by atoms with E-state index in [0.29, 0.717) is 10.8 Å². The van der Waals surface area contributed by atoms with Gasteiger partial charge in [0, 0.05) is 16.6 Å². The van der Waals surface area contributed by atoms with Crippen molar-refractivity contribution in [3.05, 3.63) is 65.1 Å². The molecule has 128 valence electrons. The van der Waals surface area contributed by atoms with Crippen molar-refractivity contribution in [3.63, 3.8) is 0 Å². The zero-order valence-electron chi connectivity index (χ0n) is 13.4. The summed E-state index contributed by atoms with van der Waals surface area (Å²) in [4.78, 5) is 27.6. The normalized spacial score (nSPS) is 11.9. The molecule has 0 aliphatic heterocycles. The molecule has 1 aromatic carbocycles. The second kappa shape index (κ2) is 7.36. The SMILES string of the molecule is C[C@H](NC(=O)COC(=O)c1cc(Cl)ccn1)c1cc2ccccc2o1. The molecule has 1 atom stereocenters. The third-order valence-corrected chi connectivity index (χ3v) is 3.75. The number of hydrogen-bond donors (Lipinski definition) is 1. The number of hydrogen-bond acceptors (Lipinski definition) is 5. The molecule has 1 N–H and O–H groups in total. The number of pyridine rings is 1. The quantitative estimate of drug-likeness (QED) is 0.706. The maximum Gasteiger partial charge on any atom is 0.357 e. The molecular weight excluding hydrogens is 344 g/mol. The lowest BCUT2D eigenvalue weighted by atomic mass is 10.2. The Labute approximate surface area is 148 Å². The van der Waals surface area contributed by atoms with Crippen LogP contribution in [-0.2, 0) is 9.53 Å². The summed E-state index contributed by atoms with van der Waals surface area (Å²) in [5, 5.41) is 4.04. The molecule has 3 aromatic rings. The summed E-state index contributed by atoms with van der Waals surface area (Å²) in [5.41, 5.74) is 0.794. The average Bonchev–Trinajstić information content (AvgIpc) is 3.04. The van der Waals surface area contributed by atoms with E-state index in [1.54, 1.807) is 13.0 Å². The summed E-state index contributed by atoms with van der Waals surface area (Å²) >= 11 is 5.78. The predicted octanol–water partition coefficient (Wildman–Crippen LogP) is 3.52. The van der Waals surface area contributed by atoms with Crippen LogP contribution in [0.3, 0.4) is 0 Å². The highest BCUT2D eigenvalue weighted by atomic mass is 35.5. The van der Waals surface area contributed by atoms with Gasteiger partial charge in [-0.1, -0.05) is 29.8 Å². The van der Waals surface area contributed by atoms with Crippen LogP contribution in [0.5, 0.6) is 0 Å². The fourth-order valence-corrected chi connectivity index (χ4v) is 2.45. The maximum atomic E-state index is 12.0. The van der Waals surface area contributed by atoms with E-state index in [4.69, 9.17) is 20.8 Å². The fraction of sp³-hybridized carbons (Fsp3) is 0.167. The molecular formula is C18H15ClN2O4. The van der Waals surface area contributed by atoms with Gasteiger partial charge in [-0.3, -0.25) is 4.79 Å². The van der Waals surface area contributed by atoms with E-state index in [9.17, 15) is 9.59 Å². The molecule has 0 aliphatic rings. The van der Waals surface area contributed by atoms with Gasteiger partial charge in [0.15, 0.2) is 6.61 Å². The number of furan rings is 1. The molecule has 3 rings (SSSR count). The van der Waals surface area contributed by atoms with Crippen LogP contribution in [0.25, 0.3) is 11.0 Å². The van der Waals surface area contributed by atoms with Gasteiger partial charge in [0.2, 0.25) is 0 Å². The molecule has 2 heterocycles. The maximum absolute atomic E-state index is 12.0. The molecule has 25 heavy (non-hydrogen) atoms. The van der Waals surface area contributed by atoms with E-state index in [2.05, 4.69) is 10.3 Å². The molecule has 0 radical (unpaired) electrons. The van der Waals surface area contributed by atoms with Gasteiger partial charge in [-0.05, 0) is 31.2 Å². The van der Waals surface area contributed by atoms with Crippen molar-refractivity contribution in [1.82, 2.24) is 10.3 Å². The van der Waals surface area contributed by atoms with Crippen LogP contribution in [0.4, 0.5) is 0 Å². The Morgan fingerprint density at radius 3 is 2.84 bits per heavy atom. The summed E-state index contributed by atoms with van der Waals surface area (Å²) in [7, 11) is 0. The zero-order chi connectivity index (χ0) is 17.8. The van der Waals surface area contributed by atoms with E-state index < -0.39 is 18.5 Å². The Balaban J connectivity index is 1.55. The van der Waals surface area contributed by atoms with E-state index in [1.165, 1.54) is 12.3 Å². The molecule has 7 heteroatoms. The number of halogens is 1. The molecule has 0 aliphatic carbocycles. The van der Waals surface area contributed by atoms with Gasteiger partial charge in [0.1, 0.15) is 17.0 Å². The van der Waals surface area contributed by atoms with Crippen LogP contribution in [0.15, 0.2) is 53.1 Å². The zero-order valence-corrected chi connectivity index (χ0v) is 14.1. The number of aromatic nitrogens is 1. The number of carbonyl (C=O) groups excluding carboxylic acids is 2. The molecule has 0 saturated heterocycles. The third-order valence-electron chi connectivity index (χ3n) is 3.51. The highest BCUT2D eigenvalue weighted by Crippen LogP contribution is 2.23. The number of para-hydroxylation sites is 1. The molecule has 0 saturated carbocycles. The first kappa shape index (κ1) is 17.0. The lowest BCUT2D eigenvalue weighted by Gasteiger charge is -2.11. The van der Waals surface area contributed by atoms with Crippen LogP contribution in [-0.4, -0.2) is 23.5 Å². The van der Waals surface area contributed by atoms with Crippen molar-refractivity contribution in [2.24, 2.45) is 0 Å². The van der Waals surface area contributed by atoms with Gasteiger partial charge in [-0.15, -0.1) is 0 Å². The second-order valence-corrected chi connectivity index (χ2v) is 5.85. The van der Waals surface area contributed by atoms with Crippen molar-refractivity contribution in [1.29, 1.82) is 0 Å². The van der Waals surface area contributed by atoms with Crippen molar-refractivity contribution in [2.75, 3.05) is 6.61 Å². The van der Waals surface area contributed by atoms with Gasteiger partial charge >= 0.3 is 5.97 Å². The first-order valence-electron chi connectivity index (χ1n) is 7.59. The molecule has 0 unspecified atom stereocenters. The number of amides is 1. The minimum absolute atomic E-state index is 0.0469. The predicted molar refractivity (Wildman–Crippen MR) is 92.3 cm³/mol. The molecule has 2 aromatic heterocycles. The number of fused-ring (bicyclic) bond motifs is 1. The van der Waals surface area contributed by atoms with E-state index in [-0.39, 0.29) is 11.7 Å². The van der Waals surface area contributed by atoms with Crippen LogP contribution < -0.4 is 5.32 Å². The van der Waals surface area contributed by atoms with Crippen LogP contribution in [0.2, 0.25) is 5.02 Å². The number of ether oxygens (including phenoxy) is 1. The average molecular weight is 359 g/mol. The molecule has 0 spiro atoms. The lowest BCUT2D eigenvalue weighted by molar-refractivity contribution is -0.125. The van der Waals surface area contributed by atoms with Crippen molar-refractivity contribution < 1.29 is 18.7 Å². The number of benzene rings is 1. The smallest absolute Gasteiger partial charge is 0.357 e. The Kier molecular flexibility index (Phi) is 5.00. The number of esters is 1. The van der Waals surface area contributed by atoms with Gasteiger partial charge < -0.3 is 14.5 Å². The van der Waals surface area contributed by atoms with E-state index >= 15 is 0 Å². The van der Waals surface area contributed by atoms with Crippen molar-refractivity contribution >= 4 is 34.4 Å². The summed E-state index contributed by atoms with van der Waals surface area (Å²) in [5.74, 6) is -0.533. The minimum atomic E-state index is -0.714. The van der Waals surface area contributed by atoms with Crippen molar-refractivity contribution in [2.45, 2.75) is 13.0 Å². The molecule has 0 fully saturated rings. The summed E-state index contributed by atoms with van der Waals surface area (Å²) in [6, 6.07) is 12.0. The monoisotopic (exact) mass is 358 g/mol. The van der Waals surface area contributed by atoms with Crippen LogP contribution in [0, 0.1) is 0 Å². The fourth-order valence-electron chi connectivity index (χ4n) is 2.29. The Hall–Kier alpha value is -2.86. The number of nitrogens with one attached hydrogen (secondary N) is 1. The summed E-state index contributed by atoms with van der Waals surface area (Å²) in [6.07, 6.45) is 1.39. The minimum Gasteiger partial charge on any atom is -0.459 e. The number of nitrogens with zero attached hydrogens (tertiary/aromatic N) is 1. The van der Waals surface area contributed by atoms with Gasteiger partial charge in [-0.2, -0.15) is 0 Å². The standard InChI is InChI=1S/C18H15ClN2O4/c1-11(16-8-12-4-2-3-5-15(12)25-16)21-17(22)10-24-18(23)14-9-13(19)6-7-20-14/h2-9,11H,10H2,1H3,(H,21,22)/t11-/m0/s1. The largest absolute Gasteiger partial charge is 0.459 e.